The maximum atomic E-state index is 13.2. The second-order valence-corrected chi connectivity index (χ2v) is 7.94. The summed E-state index contributed by atoms with van der Waals surface area (Å²) in [4.78, 5) is 22.2. The average molecular weight is 458 g/mol. The Labute approximate surface area is 194 Å². The normalized spacial score (nSPS) is 11.1. The van der Waals surface area contributed by atoms with Crippen molar-refractivity contribution in [2.24, 2.45) is 0 Å². The highest BCUT2D eigenvalue weighted by Gasteiger charge is 2.16. The molecule has 0 aliphatic rings. The highest BCUT2D eigenvalue weighted by Crippen LogP contribution is 2.25. The number of rotatable bonds is 6. The van der Waals surface area contributed by atoms with Gasteiger partial charge >= 0.3 is 0 Å². The highest BCUT2D eigenvalue weighted by molar-refractivity contribution is 6.30. The molecule has 2 aromatic carbocycles. The summed E-state index contributed by atoms with van der Waals surface area (Å²) in [5.74, 6) is -0.0819. The van der Waals surface area contributed by atoms with Crippen LogP contribution in [0.15, 0.2) is 73.3 Å². The molecule has 1 N–H and O–H groups in total. The van der Waals surface area contributed by atoms with Crippen LogP contribution in [0.25, 0.3) is 22.2 Å². The summed E-state index contributed by atoms with van der Waals surface area (Å²) in [7, 11) is 0. The molecule has 0 spiro atoms. The minimum absolute atomic E-state index is 0.225. The molecule has 0 unspecified atom stereocenters. The van der Waals surface area contributed by atoms with Gasteiger partial charge in [0.15, 0.2) is 0 Å². The summed E-state index contributed by atoms with van der Waals surface area (Å²) in [5, 5.41) is 12.9. The molecule has 9 heteroatoms. The molecule has 0 saturated heterocycles. The van der Waals surface area contributed by atoms with Gasteiger partial charge in [-0.25, -0.2) is 14.6 Å². The average Bonchev–Trinajstić information content (AvgIpc) is 3.48. The van der Waals surface area contributed by atoms with Crippen molar-refractivity contribution in [3.63, 3.8) is 0 Å². The van der Waals surface area contributed by atoms with Crippen molar-refractivity contribution in [1.82, 2.24) is 29.5 Å². The van der Waals surface area contributed by atoms with Gasteiger partial charge in [-0.3, -0.25) is 14.8 Å². The smallest absolute Gasteiger partial charge is 0.258 e. The maximum absolute atomic E-state index is 13.2. The van der Waals surface area contributed by atoms with Crippen molar-refractivity contribution in [2.75, 3.05) is 5.32 Å². The number of para-hydroxylation sites is 1. The van der Waals surface area contributed by atoms with Crippen LogP contribution in [0.1, 0.15) is 22.8 Å². The maximum Gasteiger partial charge on any atom is 0.258 e. The first kappa shape index (κ1) is 20.8. The fraction of sp³-hybridized carbons (Fsp3) is 0.125. The van der Waals surface area contributed by atoms with E-state index in [9.17, 15) is 4.79 Å². The standard InChI is InChI=1S/C24H20ClN7O/c1-2-31-14-17(12-27-31)22-11-20(19-8-3-4-9-21(19)28-22)23(33)29-24-26-15-32(30-24)13-16-6-5-7-18(25)10-16/h3-12,14-15H,2,13H2,1H3,(H,29,30,33). The van der Waals surface area contributed by atoms with Crippen LogP contribution in [0, 0.1) is 0 Å². The number of nitrogens with zero attached hydrogens (tertiary/aromatic N) is 6. The fourth-order valence-corrected chi connectivity index (χ4v) is 3.81. The van der Waals surface area contributed by atoms with Gasteiger partial charge in [0.2, 0.25) is 5.95 Å². The molecule has 0 radical (unpaired) electrons. The number of carbonyl (C=O) groups excluding carboxylic acids is 1. The van der Waals surface area contributed by atoms with Gasteiger partial charge in [0, 0.05) is 28.7 Å². The van der Waals surface area contributed by atoms with Gasteiger partial charge in [0.1, 0.15) is 6.33 Å². The molecule has 0 bridgehead atoms. The van der Waals surface area contributed by atoms with Gasteiger partial charge < -0.3 is 0 Å². The molecule has 5 rings (SSSR count). The van der Waals surface area contributed by atoms with E-state index in [1.54, 1.807) is 23.3 Å². The third-order valence-electron chi connectivity index (χ3n) is 5.21. The number of hydrogen-bond acceptors (Lipinski definition) is 5. The Morgan fingerprint density at radius 2 is 1.97 bits per heavy atom. The van der Waals surface area contributed by atoms with E-state index in [1.807, 2.05) is 66.3 Å². The van der Waals surface area contributed by atoms with Gasteiger partial charge in [-0.05, 0) is 36.8 Å². The number of anilines is 1. The van der Waals surface area contributed by atoms with Crippen molar-refractivity contribution < 1.29 is 4.79 Å². The highest BCUT2D eigenvalue weighted by atomic mass is 35.5. The minimum Gasteiger partial charge on any atom is -0.289 e. The molecular formula is C24H20ClN7O. The lowest BCUT2D eigenvalue weighted by Gasteiger charge is -2.08. The topological polar surface area (TPSA) is 90.5 Å². The molecule has 8 nitrogen and oxygen atoms in total. The van der Waals surface area contributed by atoms with E-state index in [0.717, 1.165) is 28.6 Å². The molecule has 33 heavy (non-hydrogen) atoms. The number of benzene rings is 2. The van der Waals surface area contributed by atoms with Crippen LogP contribution in [0.4, 0.5) is 5.95 Å². The Morgan fingerprint density at radius 1 is 1.09 bits per heavy atom. The van der Waals surface area contributed by atoms with E-state index in [0.29, 0.717) is 22.8 Å². The second-order valence-electron chi connectivity index (χ2n) is 7.51. The van der Waals surface area contributed by atoms with Crippen LogP contribution in [0.2, 0.25) is 5.02 Å². The summed E-state index contributed by atoms with van der Waals surface area (Å²) in [6.07, 6.45) is 5.24. The van der Waals surface area contributed by atoms with Crippen molar-refractivity contribution in [1.29, 1.82) is 0 Å². The lowest BCUT2D eigenvalue weighted by atomic mass is 10.1. The molecule has 5 aromatic rings. The summed E-state index contributed by atoms with van der Waals surface area (Å²) in [6, 6.07) is 16.8. The van der Waals surface area contributed by atoms with E-state index >= 15 is 0 Å². The SMILES string of the molecule is CCn1cc(-c2cc(C(=O)Nc3ncn(Cc4cccc(Cl)c4)n3)c3ccccc3n2)cn1. The minimum atomic E-state index is -0.307. The summed E-state index contributed by atoms with van der Waals surface area (Å²) in [5.41, 5.74) is 3.73. The fourth-order valence-electron chi connectivity index (χ4n) is 3.60. The first-order chi connectivity index (χ1) is 16.1. The Hall–Kier alpha value is -4.04. The number of aromatic nitrogens is 6. The van der Waals surface area contributed by atoms with E-state index < -0.39 is 0 Å². The van der Waals surface area contributed by atoms with Crippen LogP contribution in [0.3, 0.4) is 0 Å². The molecule has 3 heterocycles. The third kappa shape index (κ3) is 4.47. The number of halogens is 1. The monoisotopic (exact) mass is 457 g/mol. The van der Waals surface area contributed by atoms with Crippen LogP contribution in [-0.2, 0) is 13.1 Å². The summed E-state index contributed by atoms with van der Waals surface area (Å²) < 4.78 is 3.47. The van der Waals surface area contributed by atoms with Crippen LogP contribution < -0.4 is 5.32 Å². The first-order valence-electron chi connectivity index (χ1n) is 10.5. The lowest BCUT2D eigenvalue weighted by molar-refractivity contribution is 0.102. The zero-order valence-corrected chi connectivity index (χ0v) is 18.6. The summed E-state index contributed by atoms with van der Waals surface area (Å²) in [6.45, 7) is 3.26. The molecule has 3 aromatic heterocycles. The van der Waals surface area contributed by atoms with Crippen molar-refractivity contribution >= 4 is 34.4 Å². The van der Waals surface area contributed by atoms with Gasteiger partial charge in [-0.2, -0.15) is 5.10 Å². The van der Waals surface area contributed by atoms with E-state index in [-0.39, 0.29) is 11.9 Å². The lowest BCUT2D eigenvalue weighted by Crippen LogP contribution is -2.14. The van der Waals surface area contributed by atoms with Crippen LogP contribution >= 0.6 is 11.6 Å². The Kier molecular flexibility index (Phi) is 5.58. The number of hydrogen-bond donors (Lipinski definition) is 1. The number of fused-ring (bicyclic) bond motifs is 1. The molecule has 0 fully saturated rings. The van der Waals surface area contributed by atoms with Gasteiger partial charge in [-0.15, -0.1) is 5.10 Å². The molecule has 0 aliphatic carbocycles. The number of carbonyl (C=O) groups is 1. The quantitative estimate of drug-likeness (QED) is 0.400. The Balaban J connectivity index is 1.43. The molecule has 1 amide bonds. The Bertz CT molecular complexity index is 1460. The first-order valence-corrected chi connectivity index (χ1v) is 10.8. The van der Waals surface area contributed by atoms with E-state index in [2.05, 4.69) is 20.5 Å². The third-order valence-corrected chi connectivity index (χ3v) is 5.44. The predicted octanol–water partition coefficient (Wildman–Crippen LogP) is 4.66. The molecule has 0 saturated carbocycles. The predicted molar refractivity (Wildman–Crippen MR) is 127 cm³/mol. The zero-order chi connectivity index (χ0) is 22.8. The van der Waals surface area contributed by atoms with Crippen molar-refractivity contribution in [3.8, 4) is 11.3 Å². The molecule has 0 aliphatic heterocycles. The van der Waals surface area contributed by atoms with Crippen molar-refractivity contribution in [3.05, 3.63) is 89.5 Å². The second kappa shape index (κ2) is 8.84. The molecule has 164 valence electrons. The van der Waals surface area contributed by atoms with Gasteiger partial charge in [0.05, 0.1) is 29.5 Å². The van der Waals surface area contributed by atoms with Crippen molar-refractivity contribution in [2.45, 2.75) is 20.0 Å². The van der Waals surface area contributed by atoms with Gasteiger partial charge in [-0.1, -0.05) is 41.9 Å². The Morgan fingerprint density at radius 3 is 2.79 bits per heavy atom. The zero-order valence-electron chi connectivity index (χ0n) is 17.8. The molecule has 0 atom stereocenters. The number of pyridine rings is 1. The van der Waals surface area contributed by atoms with Gasteiger partial charge in [0.25, 0.3) is 5.91 Å². The van der Waals surface area contributed by atoms with Crippen LogP contribution in [-0.4, -0.2) is 35.4 Å². The van der Waals surface area contributed by atoms with E-state index in [1.165, 1.54) is 0 Å². The van der Waals surface area contributed by atoms with Crippen LogP contribution in [0.5, 0.6) is 0 Å². The number of aryl methyl sites for hydroxylation is 1. The summed E-state index contributed by atoms with van der Waals surface area (Å²) >= 11 is 6.05. The largest absolute Gasteiger partial charge is 0.289 e. The van der Waals surface area contributed by atoms with E-state index in [4.69, 9.17) is 16.6 Å². The molecular weight excluding hydrogens is 438 g/mol. The number of amides is 1. The number of nitrogens with one attached hydrogen (secondary N) is 1.